The maximum atomic E-state index is 14.0. The summed E-state index contributed by atoms with van der Waals surface area (Å²) in [5.74, 6) is -3.52. The lowest BCUT2D eigenvalue weighted by Crippen LogP contribution is -2.44. The predicted octanol–water partition coefficient (Wildman–Crippen LogP) is 4.02. The van der Waals surface area contributed by atoms with Gasteiger partial charge in [0.1, 0.15) is 17.5 Å². The van der Waals surface area contributed by atoms with Crippen LogP contribution < -0.4 is 9.64 Å². The number of Topliss-reactive ketones (excluding diaryl/α,β-unsaturated/α-hetero) is 1. The first-order valence-electron chi connectivity index (χ1n) is 11.7. The van der Waals surface area contributed by atoms with Crippen LogP contribution in [0, 0.1) is 22.0 Å². The molecule has 0 aromatic heterocycles. The van der Waals surface area contributed by atoms with Crippen LogP contribution in [-0.2, 0) is 9.59 Å². The van der Waals surface area contributed by atoms with E-state index in [2.05, 4.69) is 5.10 Å². The summed E-state index contributed by atoms with van der Waals surface area (Å²) in [7, 11) is 1.34. The Morgan fingerprint density at radius 1 is 1.03 bits per heavy atom. The molecule has 6 rings (SSSR count). The fourth-order valence-electron chi connectivity index (χ4n) is 5.66. The van der Waals surface area contributed by atoms with E-state index in [1.54, 1.807) is 35.5 Å². The smallest absolute Gasteiger partial charge is 0.271 e. The van der Waals surface area contributed by atoms with E-state index in [1.165, 1.54) is 19.2 Å². The standard InChI is InChI=1S/C27H19ClN4O6/c1-38-20-11-10-17(32(36)37)12-19(20)30-26(34)21-22(27(30)35)24(25(33)14-6-8-16(28)9-7-14)31-23(21)18-5-3-2-4-15(18)13-29-31/h2-13,21-24H,1H3/t21-,22+,23-,24+/m0/s1. The Labute approximate surface area is 221 Å². The number of non-ortho nitro benzene ring substituents is 1. The molecule has 0 N–H and O–H groups in total. The number of hydrazone groups is 1. The van der Waals surface area contributed by atoms with Gasteiger partial charge in [0.05, 0.1) is 36.1 Å². The monoisotopic (exact) mass is 530 g/mol. The number of carbonyl (C=O) groups is 3. The van der Waals surface area contributed by atoms with Crippen molar-refractivity contribution in [2.75, 3.05) is 12.0 Å². The molecular formula is C27H19ClN4O6. The molecule has 3 aliphatic heterocycles. The quantitative estimate of drug-likeness (QED) is 0.211. The van der Waals surface area contributed by atoms with Crippen LogP contribution in [0.2, 0.25) is 5.02 Å². The molecule has 0 saturated carbocycles. The minimum Gasteiger partial charge on any atom is -0.495 e. The molecule has 2 fully saturated rings. The zero-order valence-corrected chi connectivity index (χ0v) is 20.6. The lowest BCUT2D eigenvalue weighted by atomic mass is 9.83. The molecule has 190 valence electrons. The molecule has 2 saturated heterocycles. The minimum atomic E-state index is -1.08. The molecule has 4 atom stereocenters. The molecule has 2 amide bonds. The molecule has 3 aromatic carbocycles. The van der Waals surface area contributed by atoms with Crippen molar-refractivity contribution in [2.45, 2.75) is 12.1 Å². The second-order valence-corrected chi connectivity index (χ2v) is 9.63. The van der Waals surface area contributed by atoms with E-state index in [0.717, 1.165) is 22.1 Å². The number of fused-ring (bicyclic) bond motifs is 5. The molecule has 0 bridgehead atoms. The molecule has 0 aliphatic carbocycles. The number of hydrogen-bond donors (Lipinski definition) is 0. The normalized spacial score (nSPS) is 23.2. The predicted molar refractivity (Wildman–Crippen MR) is 137 cm³/mol. The van der Waals surface area contributed by atoms with Crippen molar-refractivity contribution in [3.63, 3.8) is 0 Å². The number of nitro benzene ring substituents is 1. The Morgan fingerprint density at radius 2 is 1.74 bits per heavy atom. The topological polar surface area (TPSA) is 122 Å². The lowest BCUT2D eigenvalue weighted by molar-refractivity contribution is -0.384. The number of ketones is 1. The average Bonchev–Trinajstić information content (AvgIpc) is 3.40. The number of hydrogen-bond acceptors (Lipinski definition) is 8. The van der Waals surface area contributed by atoms with E-state index in [9.17, 15) is 24.5 Å². The van der Waals surface area contributed by atoms with Crippen LogP contribution in [0.1, 0.15) is 27.5 Å². The summed E-state index contributed by atoms with van der Waals surface area (Å²) in [5, 5.41) is 18.0. The third-order valence-electron chi connectivity index (χ3n) is 7.30. The average molecular weight is 531 g/mol. The highest BCUT2D eigenvalue weighted by molar-refractivity contribution is 6.30. The second kappa shape index (κ2) is 8.77. The Morgan fingerprint density at radius 3 is 2.45 bits per heavy atom. The molecule has 3 heterocycles. The number of rotatable bonds is 5. The molecular weight excluding hydrogens is 512 g/mol. The van der Waals surface area contributed by atoms with Gasteiger partial charge in [0, 0.05) is 22.7 Å². The molecule has 11 heteroatoms. The van der Waals surface area contributed by atoms with E-state index >= 15 is 0 Å². The summed E-state index contributed by atoms with van der Waals surface area (Å²) in [6.45, 7) is 0. The summed E-state index contributed by atoms with van der Waals surface area (Å²) in [6, 6.07) is 15.6. The zero-order chi connectivity index (χ0) is 26.7. The van der Waals surface area contributed by atoms with Crippen molar-refractivity contribution in [1.82, 2.24) is 5.01 Å². The Bertz CT molecular complexity index is 1560. The number of anilines is 1. The number of imide groups is 1. The molecule has 0 radical (unpaired) electrons. The Hall–Kier alpha value is -4.57. The van der Waals surface area contributed by atoms with E-state index in [4.69, 9.17) is 16.3 Å². The van der Waals surface area contributed by atoms with Crippen molar-refractivity contribution in [1.29, 1.82) is 0 Å². The SMILES string of the molecule is COc1ccc([N+](=O)[O-])cc1N1C(=O)[C@@H]2[C@H](C1=O)[C@@H]1c3ccccc3C=NN1[C@H]2C(=O)c1ccc(Cl)cc1. The van der Waals surface area contributed by atoms with E-state index in [-0.39, 0.29) is 22.9 Å². The second-order valence-electron chi connectivity index (χ2n) is 9.19. The zero-order valence-electron chi connectivity index (χ0n) is 19.9. The van der Waals surface area contributed by atoms with Crippen molar-refractivity contribution >= 4 is 46.8 Å². The number of benzene rings is 3. The Kier molecular flexibility index (Phi) is 5.50. The van der Waals surface area contributed by atoms with E-state index in [1.807, 2.05) is 24.3 Å². The highest BCUT2D eigenvalue weighted by atomic mass is 35.5. The van der Waals surface area contributed by atoms with Crippen LogP contribution in [-0.4, -0.2) is 46.9 Å². The highest BCUT2D eigenvalue weighted by Crippen LogP contribution is 2.54. The maximum absolute atomic E-state index is 14.0. The number of methoxy groups -OCH3 is 1. The largest absolute Gasteiger partial charge is 0.495 e. The number of halogens is 1. The van der Waals surface area contributed by atoms with Crippen molar-refractivity contribution < 1.29 is 24.0 Å². The number of ether oxygens (including phenoxy) is 1. The molecule has 3 aromatic rings. The van der Waals surface area contributed by atoms with Gasteiger partial charge >= 0.3 is 0 Å². The number of nitro groups is 1. The van der Waals surface area contributed by atoms with Crippen molar-refractivity contribution in [3.05, 3.63) is 98.6 Å². The first-order valence-corrected chi connectivity index (χ1v) is 12.1. The van der Waals surface area contributed by atoms with Crippen molar-refractivity contribution in [2.24, 2.45) is 16.9 Å². The molecule has 38 heavy (non-hydrogen) atoms. The van der Waals surface area contributed by atoms with Gasteiger partial charge in [-0.05, 0) is 41.5 Å². The van der Waals surface area contributed by atoms with Gasteiger partial charge in [0.25, 0.3) is 5.69 Å². The highest BCUT2D eigenvalue weighted by Gasteiger charge is 2.65. The number of carbonyl (C=O) groups excluding carboxylic acids is 3. The first-order chi connectivity index (χ1) is 18.3. The van der Waals surface area contributed by atoms with Gasteiger partial charge in [-0.3, -0.25) is 29.5 Å². The van der Waals surface area contributed by atoms with Gasteiger partial charge in [-0.25, -0.2) is 4.90 Å². The third kappa shape index (κ3) is 3.41. The van der Waals surface area contributed by atoms with E-state index in [0.29, 0.717) is 10.6 Å². The van der Waals surface area contributed by atoms with Crippen LogP contribution in [0.5, 0.6) is 5.75 Å². The molecule has 3 aliphatic rings. The molecule has 10 nitrogen and oxygen atoms in total. The van der Waals surface area contributed by atoms with Gasteiger partial charge < -0.3 is 4.74 Å². The summed E-state index contributed by atoms with van der Waals surface area (Å²) in [4.78, 5) is 53.7. The lowest BCUT2D eigenvalue weighted by Gasteiger charge is -2.33. The summed E-state index contributed by atoms with van der Waals surface area (Å²) in [6.07, 6.45) is 1.62. The van der Waals surface area contributed by atoms with Crippen LogP contribution >= 0.6 is 11.6 Å². The Balaban J connectivity index is 1.51. The maximum Gasteiger partial charge on any atom is 0.271 e. The van der Waals surface area contributed by atoms with Crippen LogP contribution in [0.3, 0.4) is 0 Å². The fraction of sp³-hybridized carbons (Fsp3) is 0.185. The minimum absolute atomic E-state index is 0.0389. The van der Waals surface area contributed by atoms with E-state index < -0.39 is 40.7 Å². The molecule has 0 spiro atoms. The summed E-state index contributed by atoms with van der Waals surface area (Å²) >= 11 is 6.01. The van der Waals surface area contributed by atoms with Crippen LogP contribution in [0.25, 0.3) is 0 Å². The van der Waals surface area contributed by atoms with Gasteiger partial charge in [-0.2, -0.15) is 5.10 Å². The fourth-order valence-corrected chi connectivity index (χ4v) is 5.78. The summed E-state index contributed by atoms with van der Waals surface area (Å²) < 4.78 is 5.35. The number of amides is 2. The van der Waals surface area contributed by atoms with Gasteiger partial charge in [0.15, 0.2) is 5.78 Å². The third-order valence-corrected chi connectivity index (χ3v) is 7.56. The molecule has 0 unspecified atom stereocenters. The first kappa shape index (κ1) is 23.8. The van der Waals surface area contributed by atoms with Gasteiger partial charge in [0.2, 0.25) is 11.8 Å². The van der Waals surface area contributed by atoms with Crippen LogP contribution in [0.4, 0.5) is 11.4 Å². The van der Waals surface area contributed by atoms with Crippen LogP contribution in [0.15, 0.2) is 71.8 Å². The number of nitrogens with zero attached hydrogens (tertiary/aromatic N) is 4. The van der Waals surface area contributed by atoms with Gasteiger partial charge in [-0.1, -0.05) is 35.9 Å². The van der Waals surface area contributed by atoms with Gasteiger partial charge in [-0.15, -0.1) is 0 Å². The summed E-state index contributed by atoms with van der Waals surface area (Å²) in [5.41, 5.74) is 1.51. The van der Waals surface area contributed by atoms with Crippen molar-refractivity contribution in [3.8, 4) is 5.75 Å².